The average molecular weight is 438 g/mol. The molecule has 0 atom stereocenters. The van der Waals surface area contributed by atoms with E-state index in [0.717, 1.165) is 30.9 Å². The van der Waals surface area contributed by atoms with Gasteiger partial charge in [0, 0.05) is 12.1 Å². The van der Waals surface area contributed by atoms with E-state index in [1.54, 1.807) is 11.3 Å². The summed E-state index contributed by atoms with van der Waals surface area (Å²) >= 11 is 1.72. The number of hydrogen-bond donors (Lipinski definition) is 0. The molecular formula is C29H27NOS. The van der Waals surface area contributed by atoms with Gasteiger partial charge in [0.25, 0.3) is 0 Å². The Morgan fingerprint density at radius 1 is 0.844 bits per heavy atom. The highest BCUT2D eigenvalue weighted by Gasteiger charge is 2.05. The Morgan fingerprint density at radius 3 is 2.44 bits per heavy atom. The van der Waals surface area contributed by atoms with E-state index in [4.69, 9.17) is 4.74 Å². The first-order valence-electron chi connectivity index (χ1n) is 10.9. The summed E-state index contributed by atoms with van der Waals surface area (Å²) < 4.78 is 6.07. The summed E-state index contributed by atoms with van der Waals surface area (Å²) in [5, 5.41) is 4.28. The van der Waals surface area contributed by atoms with Gasteiger partial charge in [-0.1, -0.05) is 73.4 Å². The van der Waals surface area contributed by atoms with Crippen LogP contribution in [-0.4, -0.2) is 18.0 Å². The maximum absolute atomic E-state index is 6.07. The number of nitrogens with zero attached hydrogens (tertiary/aromatic N) is 1. The maximum atomic E-state index is 6.07. The van der Waals surface area contributed by atoms with Gasteiger partial charge in [0.2, 0.25) is 0 Å². The Hall–Kier alpha value is -3.32. The second-order valence-corrected chi connectivity index (χ2v) is 8.40. The minimum atomic E-state index is 0.563. The minimum Gasteiger partial charge on any atom is -0.489 e. The molecule has 160 valence electrons. The molecule has 0 radical (unpaired) electrons. The standard InChI is InChI=1S/C29H27NOS/c1-2-30(18-7-11-24-8-4-3-5-9-24)21-26-10-6-12-29(20-26)31-22-25-13-15-27(16-14-25)28-17-19-32-23-28/h3-6,8-10,12-17,19-20,23H,2,18,21-22H2,1H3. The van der Waals surface area contributed by atoms with Crippen molar-refractivity contribution in [3.05, 3.63) is 112 Å². The van der Waals surface area contributed by atoms with Crippen molar-refractivity contribution in [2.45, 2.75) is 20.1 Å². The SMILES string of the molecule is CCN(CC#Cc1ccccc1)Cc1cccc(OCc2ccc(-c3ccsc3)cc2)c1. The van der Waals surface area contributed by atoms with Crippen molar-refractivity contribution >= 4 is 11.3 Å². The van der Waals surface area contributed by atoms with Crippen molar-refractivity contribution in [2.24, 2.45) is 0 Å². The van der Waals surface area contributed by atoms with Crippen LogP contribution in [0.2, 0.25) is 0 Å². The number of hydrogen-bond acceptors (Lipinski definition) is 3. The zero-order valence-corrected chi connectivity index (χ0v) is 19.1. The molecule has 0 spiro atoms. The Morgan fingerprint density at radius 2 is 1.69 bits per heavy atom. The average Bonchev–Trinajstić information content (AvgIpc) is 3.38. The summed E-state index contributed by atoms with van der Waals surface area (Å²) in [6, 6.07) is 29.2. The highest BCUT2D eigenvalue weighted by Crippen LogP contribution is 2.23. The summed E-state index contributed by atoms with van der Waals surface area (Å²) in [6.45, 7) is 5.28. The van der Waals surface area contributed by atoms with Crippen molar-refractivity contribution in [2.75, 3.05) is 13.1 Å². The van der Waals surface area contributed by atoms with Crippen LogP contribution in [0.3, 0.4) is 0 Å². The molecule has 0 aliphatic heterocycles. The Bertz CT molecular complexity index is 1160. The van der Waals surface area contributed by atoms with Gasteiger partial charge in [-0.25, -0.2) is 0 Å². The van der Waals surface area contributed by atoms with Crippen LogP contribution < -0.4 is 4.74 Å². The van der Waals surface area contributed by atoms with Crippen LogP contribution in [0.1, 0.15) is 23.6 Å². The Kier molecular flexibility index (Phi) is 7.76. The molecule has 0 bridgehead atoms. The lowest BCUT2D eigenvalue weighted by molar-refractivity contribution is 0.300. The molecule has 0 amide bonds. The van der Waals surface area contributed by atoms with Crippen molar-refractivity contribution in [1.82, 2.24) is 4.90 Å². The van der Waals surface area contributed by atoms with E-state index in [2.05, 4.69) is 83.0 Å². The fraction of sp³-hybridized carbons (Fsp3) is 0.172. The normalized spacial score (nSPS) is 10.6. The third-order valence-corrected chi connectivity index (χ3v) is 5.96. The van der Waals surface area contributed by atoms with Gasteiger partial charge in [-0.3, -0.25) is 4.90 Å². The summed E-state index contributed by atoms with van der Waals surface area (Å²) in [6.07, 6.45) is 0. The molecule has 4 aromatic rings. The molecule has 0 unspecified atom stereocenters. The smallest absolute Gasteiger partial charge is 0.120 e. The maximum Gasteiger partial charge on any atom is 0.120 e. The van der Waals surface area contributed by atoms with Gasteiger partial charge < -0.3 is 4.74 Å². The highest BCUT2D eigenvalue weighted by atomic mass is 32.1. The van der Waals surface area contributed by atoms with Crippen molar-refractivity contribution in [3.8, 4) is 28.7 Å². The molecule has 0 aliphatic carbocycles. The topological polar surface area (TPSA) is 12.5 Å². The van der Waals surface area contributed by atoms with Crippen LogP contribution in [0.25, 0.3) is 11.1 Å². The van der Waals surface area contributed by atoms with E-state index in [1.807, 2.05) is 36.4 Å². The van der Waals surface area contributed by atoms with Crippen molar-refractivity contribution < 1.29 is 4.74 Å². The van der Waals surface area contributed by atoms with Gasteiger partial charge in [-0.2, -0.15) is 11.3 Å². The lowest BCUT2D eigenvalue weighted by Gasteiger charge is -2.18. The first kappa shape index (κ1) is 21.9. The molecule has 3 aromatic carbocycles. The third kappa shape index (κ3) is 6.34. The van der Waals surface area contributed by atoms with Gasteiger partial charge >= 0.3 is 0 Å². The number of rotatable bonds is 8. The first-order valence-corrected chi connectivity index (χ1v) is 11.8. The lowest BCUT2D eigenvalue weighted by Crippen LogP contribution is -2.23. The first-order chi connectivity index (χ1) is 15.8. The summed E-state index contributed by atoms with van der Waals surface area (Å²) in [5.74, 6) is 7.44. The van der Waals surface area contributed by atoms with Gasteiger partial charge in [-0.05, 0) is 69.9 Å². The van der Waals surface area contributed by atoms with Crippen molar-refractivity contribution in [3.63, 3.8) is 0 Å². The van der Waals surface area contributed by atoms with E-state index < -0.39 is 0 Å². The van der Waals surface area contributed by atoms with E-state index >= 15 is 0 Å². The summed E-state index contributed by atoms with van der Waals surface area (Å²) in [5.41, 5.74) is 5.97. The number of benzene rings is 3. The summed E-state index contributed by atoms with van der Waals surface area (Å²) in [7, 11) is 0. The number of ether oxygens (including phenoxy) is 1. The summed E-state index contributed by atoms with van der Waals surface area (Å²) in [4.78, 5) is 2.33. The predicted molar refractivity (Wildman–Crippen MR) is 135 cm³/mol. The quantitative estimate of drug-likeness (QED) is 0.279. The van der Waals surface area contributed by atoms with Crippen LogP contribution >= 0.6 is 11.3 Å². The van der Waals surface area contributed by atoms with Crippen LogP contribution in [0.4, 0.5) is 0 Å². The molecule has 0 saturated heterocycles. The number of thiophene rings is 1. The van der Waals surface area contributed by atoms with Crippen molar-refractivity contribution in [1.29, 1.82) is 0 Å². The van der Waals surface area contributed by atoms with Crippen LogP contribution in [0.15, 0.2) is 95.7 Å². The van der Waals surface area contributed by atoms with Gasteiger partial charge in [0.15, 0.2) is 0 Å². The molecule has 2 nitrogen and oxygen atoms in total. The van der Waals surface area contributed by atoms with Gasteiger partial charge in [-0.15, -0.1) is 0 Å². The highest BCUT2D eigenvalue weighted by molar-refractivity contribution is 7.08. The molecule has 0 saturated carbocycles. The molecule has 0 N–H and O–H groups in total. The zero-order chi connectivity index (χ0) is 22.0. The molecule has 0 aliphatic rings. The van der Waals surface area contributed by atoms with E-state index in [1.165, 1.54) is 22.3 Å². The van der Waals surface area contributed by atoms with E-state index in [-0.39, 0.29) is 0 Å². The minimum absolute atomic E-state index is 0.563. The van der Waals surface area contributed by atoms with E-state index in [9.17, 15) is 0 Å². The largest absolute Gasteiger partial charge is 0.489 e. The molecule has 32 heavy (non-hydrogen) atoms. The van der Waals surface area contributed by atoms with Crippen LogP contribution in [0.5, 0.6) is 5.75 Å². The monoisotopic (exact) mass is 437 g/mol. The molecule has 4 rings (SSSR count). The molecular weight excluding hydrogens is 410 g/mol. The molecule has 1 heterocycles. The second-order valence-electron chi connectivity index (χ2n) is 7.62. The van der Waals surface area contributed by atoms with Gasteiger partial charge in [0.05, 0.1) is 6.54 Å². The molecule has 0 fully saturated rings. The third-order valence-electron chi connectivity index (χ3n) is 5.27. The predicted octanol–water partition coefficient (Wildman–Crippen LogP) is 6.87. The fourth-order valence-corrected chi connectivity index (χ4v) is 4.10. The van der Waals surface area contributed by atoms with Crippen LogP contribution in [-0.2, 0) is 13.2 Å². The zero-order valence-electron chi connectivity index (χ0n) is 18.3. The second kappa shape index (κ2) is 11.3. The van der Waals surface area contributed by atoms with Crippen LogP contribution in [0, 0.1) is 11.8 Å². The van der Waals surface area contributed by atoms with Gasteiger partial charge in [0.1, 0.15) is 12.4 Å². The fourth-order valence-electron chi connectivity index (χ4n) is 3.44. The molecule has 3 heteroatoms. The van der Waals surface area contributed by atoms with E-state index in [0.29, 0.717) is 6.61 Å². The Balaban J connectivity index is 1.32. The molecule has 1 aromatic heterocycles. The lowest BCUT2D eigenvalue weighted by atomic mass is 10.1. The Labute approximate surface area is 195 Å².